The number of ether oxygens (including phenoxy) is 3. The Balaban J connectivity index is 1.39. The Hall–Kier alpha value is -4.12. The molecule has 2 N–H and O–H groups in total. The second kappa shape index (κ2) is 11.0. The molecule has 0 radical (unpaired) electrons. The number of nitrogens with one attached hydrogen (secondary N) is 2. The van der Waals surface area contributed by atoms with E-state index in [-0.39, 0.29) is 0 Å². The van der Waals surface area contributed by atoms with Crippen LogP contribution < -0.4 is 24.8 Å². The van der Waals surface area contributed by atoms with E-state index in [9.17, 15) is 0 Å². The van der Waals surface area contributed by atoms with Crippen LogP contribution in [0, 0.1) is 0 Å². The van der Waals surface area contributed by atoms with Crippen LogP contribution >= 0.6 is 0 Å². The van der Waals surface area contributed by atoms with Gasteiger partial charge in [-0.3, -0.25) is 0 Å². The molecule has 5 heteroatoms. The van der Waals surface area contributed by atoms with E-state index in [0.29, 0.717) is 13.1 Å². The molecule has 168 valence electrons. The predicted molar refractivity (Wildman–Crippen MR) is 134 cm³/mol. The van der Waals surface area contributed by atoms with Crippen LogP contribution in [0.5, 0.6) is 23.0 Å². The number of methoxy groups -OCH3 is 2. The summed E-state index contributed by atoms with van der Waals surface area (Å²) < 4.78 is 17.0. The molecule has 0 saturated heterocycles. The first-order valence-electron chi connectivity index (χ1n) is 10.9. The van der Waals surface area contributed by atoms with E-state index in [4.69, 9.17) is 14.2 Å². The lowest BCUT2D eigenvalue weighted by molar-refractivity contribution is 0.410. The van der Waals surface area contributed by atoms with Gasteiger partial charge in [-0.25, -0.2) is 0 Å². The van der Waals surface area contributed by atoms with Crippen LogP contribution in [-0.2, 0) is 13.1 Å². The normalized spacial score (nSPS) is 10.4. The Kier molecular flexibility index (Phi) is 7.33. The molecule has 4 rings (SSSR count). The van der Waals surface area contributed by atoms with E-state index in [0.717, 1.165) is 45.5 Å². The summed E-state index contributed by atoms with van der Waals surface area (Å²) in [5, 5.41) is 6.88. The molecule has 0 unspecified atom stereocenters. The Labute approximate surface area is 195 Å². The van der Waals surface area contributed by atoms with Gasteiger partial charge in [0.1, 0.15) is 17.2 Å². The molecule has 4 aromatic rings. The molecule has 4 aromatic carbocycles. The van der Waals surface area contributed by atoms with Crippen LogP contribution in [0.25, 0.3) is 0 Å². The zero-order valence-electron chi connectivity index (χ0n) is 18.9. The van der Waals surface area contributed by atoms with Crippen molar-refractivity contribution in [2.75, 3.05) is 24.9 Å². The molecule has 5 nitrogen and oxygen atoms in total. The van der Waals surface area contributed by atoms with Crippen LogP contribution in [0.3, 0.4) is 0 Å². The highest BCUT2D eigenvalue weighted by Gasteiger charge is 2.07. The van der Waals surface area contributed by atoms with E-state index in [1.165, 1.54) is 0 Å². The van der Waals surface area contributed by atoms with E-state index in [2.05, 4.69) is 16.7 Å². The fourth-order valence-corrected chi connectivity index (χ4v) is 3.56. The molecule has 0 fully saturated rings. The van der Waals surface area contributed by atoms with Gasteiger partial charge in [0.05, 0.1) is 19.9 Å². The minimum atomic E-state index is 0.635. The first-order valence-corrected chi connectivity index (χ1v) is 10.9. The summed E-state index contributed by atoms with van der Waals surface area (Å²) in [5.74, 6) is 3.27. The van der Waals surface area contributed by atoms with Crippen LogP contribution in [0.1, 0.15) is 11.1 Å². The lowest BCUT2D eigenvalue weighted by Crippen LogP contribution is -2.03. The van der Waals surface area contributed by atoms with Crippen LogP contribution in [0.2, 0.25) is 0 Å². The van der Waals surface area contributed by atoms with Crippen molar-refractivity contribution >= 4 is 11.4 Å². The van der Waals surface area contributed by atoms with Crippen LogP contribution in [0.4, 0.5) is 11.4 Å². The number of benzene rings is 4. The summed E-state index contributed by atoms with van der Waals surface area (Å²) in [6.07, 6.45) is 0. The SMILES string of the molecule is COc1ccccc1CNc1ccc(Oc2ccccc2NCc2ccccc2OC)cc1. The summed E-state index contributed by atoms with van der Waals surface area (Å²) >= 11 is 0. The maximum absolute atomic E-state index is 6.17. The number of rotatable bonds is 10. The lowest BCUT2D eigenvalue weighted by Gasteiger charge is -2.15. The second-order valence-electron chi connectivity index (χ2n) is 7.45. The molecule has 0 aliphatic heterocycles. The Morgan fingerprint density at radius 3 is 1.67 bits per heavy atom. The molecule has 0 heterocycles. The third kappa shape index (κ3) is 5.77. The van der Waals surface area contributed by atoms with E-state index < -0.39 is 0 Å². The van der Waals surface area contributed by atoms with Crippen LogP contribution in [-0.4, -0.2) is 14.2 Å². The highest BCUT2D eigenvalue weighted by atomic mass is 16.5. The number of hydrogen-bond acceptors (Lipinski definition) is 5. The fourth-order valence-electron chi connectivity index (χ4n) is 3.56. The molecule has 0 bridgehead atoms. The van der Waals surface area contributed by atoms with Crippen molar-refractivity contribution in [3.63, 3.8) is 0 Å². The number of para-hydroxylation sites is 4. The third-order valence-corrected chi connectivity index (χ3v) is 5.31. The average Bonchev–Trinajstić information content (AvgIpc) is 2.88. The smallest absolute Gasteiger partial charge is 0.150 e. The minimum absolute atomic E-state index is 0.635. The molecule has 0 aliphatic carbocycles. The van der Waals surface area contributed by atoms with Gasteiger partial charge in [0, 0.05) is 29.9 Å². The van der Waals surface area contributed by atoms with Gasteiger partial charge < -0.3 is 24.8 Å². The predicted octanol–water partition coefficient (Wildman–Crippen LogP) is 6.72. The lowest BCUT2D eigenvalue weighted by atomic mass is 10.2. The van der Waals surface area contributed by atoms with Crippen molar-refractivity contribution in [1.82, 2.24) is 0 Å². The average molecular weight is 441 g/mol. The van der Waals surface area contributed by atoms with Crippen LogP contribution in [0.15, 0.2) is 97.1 Å². The summed E-state index contributed by atoms with van der Waals surface area (Å²) in [6.45, 7) is 1.32. The van der Waals surface area contributed by atoms with Gasteiger partial charge in [-0.1, -0.05) is 48.5 Å². The van der Waals surface area contributed by atoms with Gasteiger partial charge in [-0.2, -0.15) is 0 Å². The molecule has 0 aromatic heterocycles. The van der Waals surface area contributed by atoms with E-state index in [1.54, 1.807) is 14.2 Å². The van der Waals surface area contributed by atoms with Gasteiger partial charge in [-0.15, -0.1) is 0 Å². The van der Waals surface area contributed by atoms with Gasteiger partial charge in [0.25, 0.3) is 0 Å². The largest absolute Gasteiger partial charge is 0.496 e. The van der Waals surface area contributed by atoms with Crippen molar-refractivity contribution < 1.29 is 14.2 Å². The Morgan fingerprint density at radius 1 is 0.545 bits per heavy atom. The molecule has 33 heavy (non-hydrogen) atoms. The highest BCUT2D eigenvalue weighted by Crippen LogP contribution is 2.31. The molecular weight excluding hydrogens is 412 g/mol. The van der Waals surface area contributed by atoms with Gasteiger partial charge in [0.15, 0.2) is 5.75 Å². The molecule has 0 saturated carbocycles. The van der Waals surface area contributed by atoms with Crippen molar-refractivity contribution in [3.8, 4) is 23.0 Å². The Bertz CT molecular complexity index is 1180. The standard InChI is InChI=1S/C28H28N2O3/c1-31-26-12-6-3-9-21(26)19-29-23-15-17-24(18-16-23)33-28-14-8-5-11-25(28)30-20-22-10-4-7-13-27(22)32-2/h3-18,29-30H,19-20H2,1-2H3. The first kappa shape index (κ1) is 22.1. The van der Waals surface area contributed by atoms with Gasteiger partial charge in [0.2, 0.25) is 0 Å². The Morgan fingerprint density at radius 2 is 1.06 bits per heavy atom. The molecule has 0 aliphatic rings. The summed E-state index contributed by atoms with van der Waals surface area (Å²) in [6, 6.07) is 31.8. The summed E-state index contributed by atoms with van der Waals surface area (Å²) in [7, 11) is 3.37. The van der Waals surface area contributed by atoms with Gasteiger partial charge in [-0.05, 0) is 48.5 Å². The summed E-state index contributed by atoms with van der Waals surface area (Å²) in [5.41, 5.74) is 4.12. The second-order valence-corrected chi connectivity index (χ2v) is 7.45. The minimum Gasteiger partial charge on any atom is -0.496 e. The van der Waals surface area contributed by atoms with E-state index in [1.807, 2.05) is 91.0 Å². The van der Waals surface area contributed by atoms with Crippen molar-refractivity contribution in [2.24, 2.45) is 0 Å². The fraction of sp³-hybridized carbons (Fsp3) is 0.143. The first-order chi connectivity index (χ1) is 16.3. The number of anilines is 2. The maximum atomic E-state index is 6.17. The van der Waals surface area contributed by atoms with Crippen molar-refractivity contribution in [3.05, 3.63) is 108 Å². The summed E-state index contributed by atoms with van der Waals surface area (Å²) in [4.78, 5) is 0. The molecule has 0 spiro atoms. The number of hydrogen-bond donors (Lipinski definition) is 2. The monoisotopic (exact) mass is 440 g/mol. The molecule has 0 amide bonds. The van der Waals surface area contributed by atoms with Crippen molar-refractivity contribution in [1.29, 1.82) is 0 Å². The zero-order valence-corrected chi connectivity index (χ0v) is 18.9. The van der Waals surface area contributed by atoms with Crippen molar-refractivity contribution in [2.45, 2.75) is 13.1 Å². The van der Waals surface area contributed by atoms with Gasteiger partial charge >= 0.3 is 0 Å². The molecular formula is C28H28N2O3. The topological polar surface area (TPSA) is 51.8 Å². The molecule has 0 atom stereocenters. The zero-order chi connectivity index (χ0) is 22.9. The highest BCUT2D eigenvalue weighted by molar-refractivity contribution is 5.58. The third-order valence-electron chi connectivity index (χ3n) is 5.31. The quantitative estimate of drug-likeness (QED) is 0.287. The van der Waals surface area contributed by atoms with E-state index >= 15 is 0 Å². The maximum Gasteiger partial charge on any atom is 0.150 e.